The molecule has 22 heavy (non-hydrogen) atoms. The molecule has 1 amide bonds. The Morgan fingerprint density at radius 1 is 1.27 bits per heavy atom. The van der Waals surface area contributed by atoms with E-state index in [9.17, 15) is 4.79 Å². The summed E-state index contributed by atoms with van der Waals surface area (Å²) in [7, 11) is 0. The van der Waals surface area contributed by atoms with Crippen molar-refractivity contribution in [3.8, 4) is 0 Å². The maximum atomic E-state index is 12.4. The number of amides is 1. The highest BCUT2D eigenvalue weighted by Crippen LogP contribution is 2.26. The SMILES string of the molecule is CC[C@H](Cc1c[nH]c2ccccc12)NC(=O)[C@@H](C)C(C)(C)C. The van der Waals surface area contributed by atoms with Gasteiger partial charge in [0.2, 0.25) is 5.91 Å². The third-order valence-electron chi connectivity index (χ3n) is 4.67. The van der Waals surface area contributed by atoms with E-state index in [1.54, 1.807) is 0 Å². The number of rotatable bonds is 5. The number of carbonyl (C=O) groups excluding carboxylic acids is 1. The molecule has 0 spiro atoms. The van der Waals surface area contributed by atoms with E-state index < -0.39 is 0 Å². The Balaban J connectivity index is 2.08. The third-order valence-corrected chi connectivity index (χ3v) is 4.67. The fourth-order valence-electron chi connectivity index (χ4n) is 2.58. The predicted molar refractivity (Wildman–Crippen MR) is 92.8 cm³/mol. The van der Waals surface area contributed by atoms with Gasteiger partial charge in [0.15, 0.2) is 0 Å². The molecule has 0 bridgehead atoms. The average molecular weight is 300 g/mol. The molecule has 2 atom stereocenters. The van der Waals surface area contributed by atoms with Crippen molar-refractivity contribution in [2.75, 3.05) is 0 Å². The molecule has 1 heterocycles. The summed E-state index contributed by atoms with van der Waals surface area (Å²) in [6, 6.07) is 8.48. The molecule has 120 valence electrons. The van der Waals surface area contributed by atoms with Gasteiger partial charge in [-0.15, -0.1) is 0 Å². The van der Waals surface area contributed by atoms with E-state index in [-0.39, 0.29) is 23.3 Å². The van der Waals surface area contributed by atoms with Crippen molar-refractivity contribution in [3.05, 3.63) is 36.0 Å². The molecule has 3 nitrogen and oxygen atoms in total. The maximum absolute atomic E-state index is 12.4. The molecule has 1 aromatic heterocycles. The zero-order valence-electron chi connectivity index (χ0n) is 14.4. The van der Waals surface area contributed by atoms with Crippen LogP contribution in [0, 0.1) is 11.3 Å². The van der Waals surface area contributed by atoms with Crippen LogP contribution in [-0.2, 0) is 11.2 Å². The first-order valence-corrected chi connectivity index (χ1v) is 8.18. The van der Waals surface area contributed by atoms with Crippen molar-refractivity contribution < 1.29 is 4.79 Å². The normalized spacial score (nSPS) is 14.8. The standard InChI is InChI=1S/C19H28N2O/c1-6-15(21-18(22)13(2)19(3,4)5)11-14-12-20-17-10-8-7-9-16(14)17/h7-10,12-13,15,20H,6,11H2,1-5H3,(H,21,22)/t13-,15-/m1/s1. The van der Waals surface area contributed by atoms with E-state index in [0.29, 0.717) is 0 Å². The fraction of sp³-hybridized carbons (Fsp3) is 0.526. The number of hydrogen-bond donors (Lipinski definition) is 2. The molecule has 3 heteroatoms. The van der Waals surface area contributed by atoms with Gasteiger partial charge >= 0.3 is 0 Å². The summed E-state index contributed by atoms with van der Waals surface area (Å²) in [6.45, 7) is 10.5. The Labute approximate surface area is 133 Å². The zero-order valence-corrected chi connectivity index (χ0v) is 14.4. The van der Waals surface area contributed by atoms with Gasteiger partial charge in [0, 0.05) is 29.1 Å². The molecule has 0 aliphatic rings. The van der Waals surface area contributed by atoms with Crippen LogP contribution in [0.1, 0.15) is 46.6 Å². The van der Waals surface area contributed by atoms with Crippen molar-refractivity contribution in [2.45, 2.75) is 53.5 Å². The Bertz CT molecular complexity index is 636. The van der Waals surface area contributed by atoms with Crippen LogP contribution in [0.5, 0.6) is 0 Å². The molecule has 2 N–H and O–H groups in total. The lowest BCUT2D eigenvalue weighted by molar-refractivity contribution is -0.128. The molecule has 1 aromatic carbocycles. The van der Waals surface area contributed by atoms with Gasteiger partial charge in [-0.05, 0) is 29.9 Å². The minimum absolute atomic E-state index is 0.00418. The number of para-hydroxylation sites is 1. The smallest absolute Gasteiger partial charge is 0.223 e. The molecule has 0 unspecified atom stereocenters. The highest BCUT2D eigenvalue weighted by molar-refractivity contribution is 5.83. The fourth-order valence-corrected chi connectivity index (χ4v) is 2.58. The Morgan fingerprint density at radius 2 is 1.95 bits per heavy atom. The molecule has 0 radical (unpaired) electrons. The van der Waals surface area contributed by atoms with E-state index in [4.69, 9.17) is 0 Å². The molecule has 2 aromatic rings. The number of aromatic nitrogens is 1. The van der Waals surface area contributed by atoms with Crippen LogP contribution in [0.15, 0.2) is 30.5 Å². The maximum Gasteiger partial charge on any atom is 0.223 e. The Morgan fingerprint density at radius 3 is 2.59 bits per heavy atom. The first-order valence-electron chi connectivity index (χ1n) is 8.18. The second-order valence-corrected chi connectivity index (χ2v) is 7.27. The third kappa shape index (κ3) is 3.70. The van der Waals surface area contributed by atoms with E-state index in [0.717, 1.165) is 18.4 Å². The monoisotopic (exact) mass is 300 g/mol. The Kier molecular flexibility index (Phi) is 4.94. The molecular weight excluding hydrogens is 272 g/mol. The van der Waals surface area contributed by atoms with Gasteiger partial charge in [0.05, 0.1) is 0 Å². The van der Waals surface area contributed by atoms with Crippen molar-refractivity contribution in [1.82, 2.24) is 10.3 Å². The minimum atomic E-state index is -0.0108. The van der Waals surface area contributed by atoms with Gasteiger partial charge in [0.25, 0.3) is 0 Å². The van der Waals surface area contributed by atoms with E-state index >= 15 is 0 Å². The van der Waals surface area contributed by atoms with Gasteiger partial charge in [-0.3, -0.25) is 4.79 Å². The summed E-state index contributed by atoms with van der Waals surface area (Å²) in [5.41, 5.74) is 2.41. The van der Waals surface area contributed by atoms with Gasteiger partial charge in [-0.25, -0.2) is 0 Å². The summed E-state index contributed by atoms with van der Waals surface area (Å²) >= 11 is 0. The number of hydrogen-bond acceptors (Lipinski definition) is 1. The molecule has 0 saturated carbocycles. The second-order valence-electron chi connectivity index (χ2n) is 7.27. The number of H-pyrrole nitrogens is 1. The van der Waals surface area contributed by atoms with E-state index in [1.807, 2.05) is 13.0 Å². The second kappa shape index (κ2) is 6.55. The molecule has 0 saturated heterocycles. The number of carbonyl (C=O) groups is 1. The van der Waals surface area contributed by atoms with Crippen LogP contribution in [-0.4, -0.2) is 16.9 Å². The highest BCUT2D eigenvalue weighted by atomic mass is 16.1. The van der Waals surface area contributed by atoms with E-state index in [2.05, 4.69) is 62.4 Å². The summed E-state index contributed by atoms with van der Waals surface area (Å²) in [5.74, 6) is 0.156. The molecule has 0 fully saturated rings. The quantitative estimate of drug-likeness (QED) is 0.850. The highest BCUT2D eigenvalue weighted by Gasteiger charge is 2.28. The van der Waals surface area contributed by atoms with Crippen molar-refractivity contribution in [3.63, 3.8) is 0 Å². The molecular formula is C19H28N2O. The van der Waals surface area contributed by atoms with E-state index in [1.165, 1.54) is 10.9 Å². The summed E-state index contributed by atoms with van der Waals surface area (Å²) in [6.07, 6.45) is 3.86. The first-order chi connectivity index (χ1) is 10.3. The number of aromatic amines is 1. The topological polar surface area (TPSA) is 44.9 Å². The number of benzene rings is 1. The van der Waals surface area contributed by atoms with Crippen LogP contribution in [0.3, 0.4) is 0 Å². The van der Waals surface area contributed by atoms with Crippen LogP contribution < -0.4 is 5.32 Å². The summed E-state index contributed by atoms with van der Waals surface area (Å²) in [4.78, 5) is 15.7. The predicted octanol–water partition coefficient (Wildman–Crippen LogP) is 4.29. The van der Waals surface area contributed by atoms with Gasteiger partial charge < -0.3 is 10.3 Å². The minimum Gasteiger partial charge on any atom is -0.361 e. The molecule has 2 rings (SSSR count). The first kappa shape index (κ1) is 16.6. The summed E-state index contributed by atoms with van der Waals surface area (Å²) in [5, 5.41) is 4.47. The molecule has 0 aliphatic carbocycles. The van der Waals surface area contributed by atoms with Crippen molar-refractivity contribution in [1.29, 1.82) is 0 Å². The summed E-state index contributed by atoms with van der Waals surface area (Å²) < 4.78 is 0. The largest absolute Gasteiger partial charge is 0.361 e. The van der Waals surface area contributed by atoms with Crippen LogP contribution in [0.25, 0.3) is 10.9 Å². The zero-order chi connectivity index (χ0) is 16.3. The average Bonchev–Trinajstić information content (AvgIpc) is 2.88. The van der Waals surface area contributed by atoms with Crippen LogP contribution in [0.4, 0.5) is 0 Å². The Hall–Kier alpha value is -1.77. The van der Waals surface area contributed by atoms with Crippen molar-refractivity contribution in [2.24, 2.45) is 11.3 Å². The van der Waals surface area contributed by atoms with Gasteiger partial charge in [-0.2, -0.15) is 0 Å². The lowest BCUT2D eigenvalue weighted by Gasteiger charge is -2.28. The number of nitrogens with one attached hydrogen (secondary N) is 2. The molecule has 0 aliphatic heterocycles. The van der Waals surface area contributed by atoms with Gasteiger partial charge in [-0.1, -0.05) is 52.8 Å². The van der Waals surface area contributed by atoms with Gasteiger partial charge in [0.1, 0.15) is 0 Å². The lowest BCUT2D eigenvalue weighted by Crippen LogP contribution is -2.42. The van der Waals surface area contributed by atoms with Crippen LogP contribution in [0.2, 0.25) is 0 Å². The van der Waals surface area contributed by atoms with Crippen LogP contribution >= 0.6 is 0 Å². The van der Waals surface area contributed by atoms with Crippen molar-refractivity contribution >= 4 is 16.8 Å². The number of fused-ring (bicyclic) bond motifs is 1. The lowest BCUT2D eigenvalue weighted by atomic mass is 9.81.